The van der Waals surface area contributed by atoms with Gasteiger partial charge in [0.1, 0.15) is 0 Å². The molecule has 0 unspecified atom stereocenters. The summed E-state index contributed by atoms with van der Waals surface area (Å²) >= 11 is 3.37. The molecule has 1 heterocycles. The molecule has 0 radical (unpaired) electrons. The van der Waals surface area contributed by atoms with Crippen LogP contribution < -0.4 is 5.32 Å². The molecule has 1 aliphatic rings. The Morgan fingerprint density at radius 1 is 1.47 bits per heavy atom. The van der Waals surface area contributed by atoms with Crippen LogP contribution in [0.3, 0.4) is 0 Å². The highest BCUT2D eigenvalue weighted by atomic mass is 79.9. The van der Waals surface area contributed by atoms with Crippen LogP contribution in [0.1, 0.15) is 12.0 Å². The molecule has 1 aromatic carbocycles. The lowest BCUT2D eigenvalue weighted by molar-refractivity contribution is -0.139. The minimum absolute atomic E-state index is 0.0780. The Morgan fingerprint density at radius 3 is 2.74 bits per heavy atom. The fraction of sp³-hybridized carbons (Fsp3) is 0.385. The van der Waals surface area contributed by atoms with Gasteiger partial charge < -0.3 is 15.3 Å². The first-order valence-electron chi connectivity index (χ1n) is 5.99. The number of hydrogen-bond donors (Lipinski definition) is 2. The predicted octanol–water partition coefficient (Wildman–Crippen LogP) is 2.70. The van der Waals surface area contributed by atoms with E-state index in [1.807, 2.05) is 25.1 Å². The number of benzene rings is 1. The van der Waals surface area contributed by atoms with Crippen molar-refractivity contribution in [3.63, 3.8) is 0 Å². The summed E-state index contributed by atoms with van der Waals surface area (Å²) in [4.78, 5) is 24.1. The number of nitrogens with zero attached hydrogens (tertiary/aromatic N) is 1. The number of rotatable bonds is 3. The summed E-state index contributed by atoms with van der Waals surface area (Å²) in [7, 11) is 0. The number of anilines is 1. The zero-order chi connectivity index (χ0) is 14.0. The Hall–Kier alpha value is -1.56. The van der Waals surface area contributed by atoms with Crippen LogP contribution in [0.25, 0.3) is 0 Å². The van der Waals surface area contributed by atoms with Gasteiger partial charge in [-0.1, -0.05) is 15.9 Å². The molecule has 0 bridgehead atoms. The number of urea groups is 1. The zero-order valence-corrected chi connectivity index (χ0v) is 12.1. The second kappa shape index (κ2) is 5.61. The van der Waals surface area contributed by atoms with E-state index < -0.39 is 5.97 Å². The van der Waals surface area contributed by atoms with Crippen LogP contribution in [0.5, 0.6) is 0 Å². The Bertz CT molecular complexity index is 513. The number of carboxylic acids is 1. The molecule has 0 saturated carbocycles. The Kier molecular flexibility index (Phi) is 4.09. The van der Waals surface area contributed by atoms with Gasteiger partial charge in [0.05, 0.1) is 6.42 Å². The average molecular weight is 327 g/mol. The van der Waals surface area contributed by atoms with Crippen molar-refractivity contribution in [1.29, 1.82) is 0 Å². The second-order valence-corrected chi connectivity index (χ2v) is 5.67. The lowest BCUT2D eigenvalue weighted by Gasteiger charge is -2.38. The fourth-order valence-electron chi connectivity index (χ4n) is 2.07. The highest BCUT2D eigenvalue weighted by Gasteiger charge is 2.32. The Labute approximate surface area is 119 Å². The maximum atomic E-state index is 11.9. The number of likely N-dealkylation sites (tertiary alicyclic amines) is 1. The van der Waals surface area contributed by atoms with E-state index in [0.717, 1.165) is 15.7 Å². The molecule has 2 N–H and O–H groups in total. The average Bonchev–Trinajstić information content (AvgIpc) is 2.26. The van der Waals surface area contributed by atoms with E-state index in [9.17, 15) is 9.59 Å². The lowest BCUT2D eigenvalue weighted by Crippen LogP contribution is -2.52. The summed E-state index contributed by atoms with van der Waals surface area (Å²) in [5.74, 6) is -0.733. The summed E-state index contributed by atoms with van der Waals surface area (Å²) in [5, 5.41) is 11.5. The van der Waals surface area contributed by atoms with Crippen LogP contribution in [-0.2, 0) is 4.79 Å². The quantitative estimate of drug-likeness (QED) is 0.897. The molecular weight excluding hydrogens is 312 g/mol. The normalized spacial score (nSPS) is 14.9. The van der Waals surface area contributed by atoms with Gasteiger partial charge in [0.15, 0.2) is 0 Å². The molecule has 0 atom stereocenters. The third-order valence-electron chi connectivity index (χ3n) is 3.14. The van der Waals surface area contributed by atoms with Crippen molar-refractivity contribution in [3.05, 3.63) is 28.2 Å². The van der Waals surface area contributed by atoms with Crippen LogP contribution in [0.4, 0.5) is 10.5 Å². The lowest BCUT2D eigenvalue weighted by atomic mass is 9.97. The summed E-state index contributed by atoms with van der Waals surface area (Å²) in [6, 6.07) is 5.46. The van der Waals surface area contributed by atoms with Crippen LogP contribution >= 0.6 is 15.9 Å². The van der Waals surface area contributed by atoms with Gasteiger partial charge in [0.25, 0.3) is 0 Å². The minimum Gasteiger partial charge on any atom is -0.481 e. The van der Waals surface area contributed by atoms with Crippen molar-refractivity contribution in [2.24, 2.45) is 5.92 Å². The van der Waals surface area contributed by atoms with Gasteiger partial charge in [-0.25, -0.2) is 4.79 Å². The van der Waals surface area contributed by atoms with E-state index in [1.165, 1.54) is 0 Å². The van der Waals surface area contributed by atoms with Crippen LogP contribution in [-0.4, -0.2) is 35.1 Å². The summed E-state index contributed by atoms with van der Waals surface area (Å²) in [5.41, 5.74) is 1.75. The highest BCUT2D eigenvalue weighted by molar-refractivity contribution is 9.10. The third kappa shape index (κ3) is 3.47. The fourth-order valence-corrected chi connectivity index (χ4v) is 2.55. The molecule has 0 aromatic heterocycles. The number of carboxylic acid groups (broad SMARTS) is 1. The molecule has 102 valence electrons. The molecule has 1 aromatic rings. The third-order valence-corrected chi connectivity index (χ3v) is 3.63. The van der Waals surface area contributed by atoms with Gasteiger partial charge in [-0.3, -0.25) is 4.79 Å². The van der Waals surface area contributed by atoms with E-state index >= 15 is 0 Å². The Morgan fingerprint density at radius 2 is 2.16 bits per heavy atom. The maximum absolute atomic E-state index is 11.9. The number of hydrogen-bond acceptors (Lipinski definition) is 2. The molecule has 1 aliphatic heterocycles. The van der Waals surface area contributed by atoms with E-state index in [1.54, 1.807) is 4.90 Å². The molecule has 19 heavy (non-hydrogen) atoms. The summed E-state index contributed by atoms with van der Waals surface area (Å²) < 4.78 is 0.966. The van der Waals surface area contributed by atoms with Crippen molar-refractivity contribution in [1.82, 2.24) is 4.90 Å². The van der Waals surface area contributed by atoms with Crippen LogP contribution in [0.2, 0.25) is 0 Å². The van der Waals surface area contributed by atoms with E-state index in [2.05, 4.69) is 21.2 Å². The minimum atomic E-state index is -0.811. The van der Waals surface area contributed by atoms with Crippen molar-refractivity contribution in [3.8, 4) is 0 Å². The van der Waals surface area contributed by atoms with Crippen molar-refractivity contribution in [2.45, 2.75) is 13.3 Å². The molecular formula is C13H15BrN2O3. The molecule has 1 saturated heterocycles. The number of aryl methyl sites for hydroxylation is 1. The molecule has 2 amide bonds. The van der Waals surface area contributed by atoms with Gasteiger partial charge in [-0.15, -0.1) is 0 Å². The van der Waals surface area contributed by atoms with Crippen LogP contribution in [0.15, 0.2) is 22.7 Å². The second-order valence-electron chi connectivity index (χ2n) is 4.76. The van der Waals surface area contributed by atoms with E-state index in [0.29, 0.717) is 13.1 Å². The monoisotopic (exact) mass is 326 g/mol. The number of halogens is 1. The maximum Gasteiger partial charge on any atom is 0.321 e. The first-order valence-corrected chi connectivity index (χ1v) is 6.79. The van der Waals surface area contributed by atoms with Crippen molar-refractivity contribution in [2.75, 3.05) is 18.4 Å². The zero-order valence-electron chi connectivity index (χ0n) is 10.5. The smallest absolute Gasteiger partial charge is 0.321 e. The molecule has 6 heteroatoms. The number of nitrogens with one attached hydrogen (secondary N) is 1. The number of amides is 2. The van der Waals surface area contributed by atoms with Crippen LogP contribution in [0, 0.1) is 12.8 Å². The number of aliphatic carboxylic acids is 1. The van der Waals surface area contributed by atoms with Crippen molar-refractivity contribution >= 4 is 33.6 Å². The van der Waals surface area contributed by atoms with Gasteiger partial charge in [0, 0.05) is 29.2 Å². The van der Waals surface area contributed by atoms with Gasteiger partial charge in [-0.05, 0) is 30.7 Å². The van der Waals surface area contributed by atoms with Gasteiger partial charge >= 0.3 is 12.0 Å². The van der Waals surface area contributed by atoms with Gasteiger partial charge in [0.2, 0.25) is 0 Å². The highest BCUT2D eigenvalue weighted by Crippen LogP contribution is 2.23. The largest absolute Gasteiger partial charge is 0.481 e. The van der Waals surface area contributed by atoms with E-state index in [-0.39, 0.29) is 18.4 Å². The molecule has 2 rings (SSSR count). The molecule has 5 nitrogen and oxygen atoms in total. The Balaban J connectivity index is 1.87. The molecule has 0 spiro atoms. The van der Waals surface area contributed by atoms with Gasteiger partial charge in [-0.2, -0.15) is 0 Å². The number of carbonyl (C=O) groups is 2. The first-order chi connectivity index (χ1) is 8.95. The topological polar surface area (TPSA) is 69.6 Å². The molecule has 0 aliphatic carbocycles. The SMILES string of the molecule is Cc1cc(Br)ccc1NC(=O)N1CC(CC(=O)O)C1. The van der Waals surface area contributed by atoms with Crippen molar-refractivity contribution < 1.29 is 14.7 Å². The first kappa shape index (κ1) is 13.9. The molecule has 1 fully saturated rings. The van der Waals surface area contributed by atoms with E-state index in [4.69, 9.17) is 5.11 Å². The summed E-state index contributed by atoms with van der Waals surface area (Å²) in [6.07, 6.45) is 0.126. The number of carbonyl (C=O) groups excluding carboxylic acids is 1. The summed E-state index contributed by atoms with van der Waals surface area (Å²) in [6.45, 7) is 2.94. The predicted molar refractivity (Wildman–Crippen MR) is 75.2 cm³/mol. The standard InChI is InChI=1S/C13H15BrN2O3/c1-8-4-10(14)2-3-11(8)15-13(19)16-6-9(7-16)5-12(17)18/h2-4,9H,5-7H2,1H3,(H,15,19)(H,17,18).